The zero-order valence-corrected chi connectivity index (χ0v) is 19.3. The SMILES string of the molecule is COc1cc(OCOCC[Si](C)(C)C)cc(C=O)[c]1[Sn]([CH3])([CH3])[CH3]. The zero-order chi connectivity index (χ0) is 17.7. The number of hydrogen-bond donors (Lipinski definition) is 0. The molecule has 0 aliphatic heterocycles. The molecule has 23 heavy (non-hydrogen) atoms. The summed E-state index contributed by atoms with van der Waals surface area (Å²) in [5.74, 6) is 1.38. The van der Waals surface area contributed by atoms with Crippen molar-refractivity contribution in [2.24, 2.45) is 0 Å². The first-order chi connectivity index (χ1) is 10.6. The first kappa shape index (κ1) is 20.5. The second kappa shape index (κ2) is 8.53. The standard InChI is InChI=1S/C14H21O4Si.3CH3.Sn/c1-16-13-7-12(10-15)8-14(9-13)18-11-17-5-6-19(2,3)4;;;;/h8-10H,5-6,11H2,1-4H3;3*1H3;. The van der Waals surface area contributed by atoms with Crippen molar-refractivity contribution in [1.29, 1.82) is 0 Å². The maximum absolute atomic E-state index is 11.5. The summed E-state index contributed by atoms with van der Waals surface area (Å²) in [7, 11) is 0.554. The van der Waals surface area contributed by atoms with E-state index in [1.54, 1.807) is 13.2 Å². The quantitative estimate of drug-likeness (QED) is 0.252. The summed E-state index contributed by atoms with van der Waals surface area (Å²) in [6.45, 7) is 7.86. The molecule has 0 saturated carbocycles. The van der Waals surface area contributed by atoms with E-state index in [4.69, 9.17) is 14.2 Å². The van der Waals surface area contributed by atoms with Crippen LogP contribution in [0.5, 0.6) is 11.5 Å². The van der Waals surface area contributed by atoms with E-state index in [1.165, 1.54) is 0 Å². The molecule has 1 aromatic rings. The molecule has 4 nitrogen and oxygen atoms in total. The molecule has 0 heterocycles. The third-order valence-electron chi connectivity index (χ3n) is 3.51. The Bertz CT molecular complexity index is 533. The molecular formula is C17H30O4SiSn. The van der Waals surface area contributed by atoms with Crippen LogP contribution in [0.3, 0.4) is 0 Å². The van der Waals surface area contributed by atoms with Crippen LogP contribution in [-0.4, -0.2) is 53.2 Å². The summed E-state index contributed by atoms with van der Waals surface area (Å²) < 4.78 is 17.8. The van der Waals surface area contributed by atoms with Crippen LogP contribution in [-0.2, 0) is 4.74 Å². The number of benzene rings is 1. The molecule has 0 unspecified atom stereocenters. The fourth-order valence-corrected chi connectivity index (χ4v) is 8.51. The van der Waals surface area contributed by atoms with Crippen LogP contribution in [0.2, 0.25) is 40.5 Å². The summed E-state index contributed by atoms with van der Waals surface area (Å²) in [5.41, 5.74) is 0.685. The molecule has 0 spiro atoms. The summed E-state index contributed by atoms with van der Waals surface area (Å²) in [6.07, 6.45) is 0.902. The predicted octanol–water partition coefficient (Wildman–Crippen LogP) is 3.74. The van der Waals surface area contributed by atoms with Crippen molar-refractivity contribution in [3.8, 4) is 11.5 Å². The fraction of sp³-hybridized carbons (Fsp3) is 0.588. The van der Waals surface area contributed by atoms with E-state index in [2.05, 4.69) is 34.5 Å². The number of aldehydes is 1. The van der Waals surface area contributed by atoms with Gasteiger partial charge in [0.15, 0.2) is 0 Å². The monoisotopic (exact) mass is 446 g/mol. The molecule has 6 heteroatoms. The fourth-order valence-electron chi connectivity index (χ4n) is 2.30. The second-order valence-corrected chi connectivity index (χ2v) is 27.8. The van der Waals surface area contributed by atoms with Gasteiger partial charge in [-0.1, -0.05) is 0 Å². The number of hydrogen-bond acceptors (Lipinski definition) is 4. The molecule has 0 atom stereocenters. The van der Waals surface area contributed by atoms with Gasteiger partial charge in [0.05, 0.1) is 0 Å². The van der Waals surface area contributed by atoms with Crippen molar-refractivity contribution in [3.63, 3.8) is 0 Å². The molecule has 0 amide bonds. The first-order valence-corrected chi connectivity index (χ1v) is 21.7. The average molecular weight is 445 g/mol. The van der Waals surface area contributed by atoms with E-state index in [1.807, 2.05) is 6.07 Å². The van der Waals surface area contributed by atoms with E-state index >= 15 is 0 Å². The van der Waals surface area contributed by atoms with Gasteiger partial charge < -0.3 is 0 Å². The van der Waals surface area contributed by atoms with Gasteiger partial charge in [-0.25, -0.2) is 0 Å². The molecule has 0 aromatic heterocycles. The molecule has 0 N–H and O–H groups in total. The minimum atomic E-state index is -2.46. The van der Waals surface area contributed by atoms with Crippen molar-refractivity contribution in [3.05, 3.63) is 17.7 Å². The van der Waals surface area contributed by atoms with Gasteiger partial charge in [0.25, 0.3) is 0 Å². The number of carbonyl (C=O) groups is 1. The van der Waals surface area contributed by atoms with Gasteiger partial charge >= 0.3 is 146 Å². The Kier molecular flexibility index (Phi) is 7.61. The molecular weight excluding hydrogens is 415 g/mol. The van der Waals surface area contributed by atoms with Gasteiger partial charge in [0.2, 0.25) is 0 Å². The van der Waals surface area contributed by atoms with Gasteiger partial charge in [-0.2, -0.15) is 0 Å². The normalized spacial score (nSPS) is 12.1. The van der Waals surface area contributed by atoms with E-state index in [-0.39, 0.29) is 6.79 Å². The summed E-state index contributed by atoms with van der Waals surface area (Å²) >= 11 is -2.46. The first-order valence-electron chi connectivity index (χ1n) is 7.97. The molecule has 0 radical (unpaired) electrons. The van der Waals surface area contributed by atoms with E-state index in [0.29, 0.717) is 17.9 Å². The summed E-state index contributed by atoms with van der Waals surface area (Å²) in [5, 5.41) is 0. The van der Waals surface area contributed by atoms with Gasteiger partial charge in [-0.05, 0) is 0 Å². The number of carbonyl (C=O) groups excluding carboxylic acids is 1. The Labute approximate surface area is 145 Å². The molecule has 0 aliphatic carbocycles. The van der Waals surface area contributed by atoms with Crippen molar-refractivity contribution in [1.82, 2.24) is 0 Å². The zero-order valence-electron chi connectivity index (χ0n) is 15.5. The van der Waals surface area contributed by atoms with Crippen LogP contribution in [0.4, 0.5) is 0 Å². The molecule has 130 valence electrons. The van der Waals surface area contributed by atoms with Crippen molar-refractivity contribution in [2.75, 3.05) is 20.5 Å². The molecule has 1 rings (SSSR count). The third-order valence-corrected chi connectivity index (χ3v) is 11.0. The molecule has 0 saturated heterocycles. The van der Waals surface area contributed by atoms with Gasteiger partial charge in [0.1, 0.15) is 0 Å². The van der Waals surface area contributed by atoms with Gasteiger partial charge in [-0.3, -0.25) is 0 Å². The Morgan fingerprint density at radius 3 is 2.30 bits per heavy atom. The summed E-state index contributed by atoms with van der Waals surface area (Å²) in [6, 6.07) is 4.78. The molecule has 1 aromatic carbocycles. The number of rotatable bonds is 9. The Balaban J connectivity index is 2.80. The van der Waals surface area contributed by atoms with Gasteiger partial charge in [-0.15, -0.1) is 0 Å². The number of ether oxygens (including phenoxy) is 3. The van der Waals surface area contributed by atoms with Crippen LogP contribution >= 0.6 is 0 Å². The van der Waals surface area contributed by atoms with Crippen LogP contribution < -0.4 is 13.1 Å². The van der Waals surface area contributed by atoms with E-state index < -0.39 is 26.5 Å². The molecule has 0 aliphatic rings. The Hall–Kier alpha value is -0.534. The summed E-state index contributed by atoms with van der Waals surface area (Å²) in [4.78, 5) is 18.3. The Morgan fingerprint density at radius 2 is 1.83 bits per heavy atom. The molecule has 0 bridgehead atoms. The Morgan fingerprint density at radius 1 is 1.17 bits per heavy atom. The van der Waals surface area contributed by atoms with Crippen molar-refractivity contribution >= 4 is 36.3 Å². The van der Waals surface area contributed by atoms with Gasteiger partial charge in [0, 0.05) is 0 Å². The van der Waals surface area contributed by atoms with Crippen LogP contribution in [0, 0.1) is 0 Å². The minimum absolute atomic E-state index is 0.198. The van der Waals surface area contributed by atoms with Crippen LogP contribution in [0.25, 0.3) is 0 Å². The third kappa shape index (κ3) is 6.85. The maximum atomic E-state index is 11.5. The predicted molar refractivity (Wildman–Crippen MR) is 101 cm³/mol. The topological polar surface area (TPSA) is 44.8 Å². The molecule has 0 fully saturated rings. The average Bonchev–Trinajstić information content (AvgIpc) is 2.43. The van der Waals surface area contributed by atoms with Crippen LogP contribution in [0.1, 0.15) is 10.4 Å². The van der Waals surface area contributed by atoms with E-state index in [9.17, 15) is 4.79 Å². The van der Waals surface area contributed by atoms with Crippen molar-refractivity contribution in [2.45, 2.75) is 40.5 Å². The second-order valence-electron chi connectivity index (χ2n) is 7.94. The van der Waals surface area contributed by atoms with Crippen LogP contribution in [0.15, 0.2) is 12.1 Å². The van der Waals surface area contributed by atoms with Crippen molar-refractivity contribution < 1.29 is 19.0 Å². The number of methoxy groups -OCH3 is 1. The van der Waals surface area contributed by atoms with E-state index in [0.717, 1.165) is 21.7 Å².